The molecule has 1 atom stereocenters. The first kappa shape index (κ1) is 15.4. The third kappa shape index (κ3) is 3.76. The van der Waals surface area contributed by atoms with Crippen LogP contribution in [0.4, 0.5) is 8.78 Å². The molecule has 0 radical (unpaired) electrons. The van der Waals surface area contributed by atoms with Gasteiger partial charge in [0.25, 0.3) is 10.0 Å². The van der Waals surface area contributed by atoms with E-state index in [9.17, 15) is 17.2 Å². The van der Waals surface area contributed by atoms with Crippen molar-refractivity contribution in [1.29, 1.82) is 0 Å². The number of H-pyrrole nitrogens is 1. The Labute approximate surface area is 120 Å². The topological polar surface area (TPSA) is 84.1 Å². The van der Waals surface area contributed by atoms with E-state index in [0.29, 0.717) is 5.56 Å². The van der Waals surface area contributed by atoms with E-state index < -0.39 is 22.7 Å². The lowest BCUT2D eigenvalue weighted by molar-refractivity contribution is -0.0506. The van der Waals surface area contributed by atoms with Crippen molar-refractivity contribution < 1.29 is 21.9 Å². The summed E-state index contributed by atoms with van der Waals surface area (Å²) in [6.45, 7) is -1.45. The summed E-state index contributed by atoms with van der Waals surface area (Å²) in [7, 11) is -3.82. The van der Waals surface area contributed by atoms with E-state index in [-0.39, 0.29) is 10.8 Å². The summed E-state index contributed by atoms with van der Waals surface area (Å²) in [4.78, 5) is 6.10. The number of para-hydroxylation sites is 1. The zero-order valence-corrected chi connectivity index (χ0v) is 11.8. The number of benzene rings is 1. The fraction of sp³-hybridized carbons (Fsp3) is 0.250. The quantitative estimate of drug-likeness (QED) is 0.854. The number of aromatic amines is 1. The van der Waals surface area contributed by atoms with Crippen molar-refractivity contribution in [2.45, 2.75) is 24.6 Å². The maximum Gasteiger partial charge on any atom is 0.387 e. The molecule has 0 aliphatic carbocycles. The number of ether oxygens (including phenoxy) is 1. The summed E-state index contributed by atoms with van der Waals surface area (Å²) < 4.78 is 55.5. The van der Waals surface area contributed by atoms with E-state index in [4.69, 9.17) is 0 Å². The Hall–Kier alpha value is -2.00. The van der Waals surface area contributed by atoms with Crippen LogP contribution in [-0.2, 0) is 10.0 Å². The number of nitrogens with zero attached hydrogens (tertiary/aromatic N) is 1. The average Bonchev–Trinajstić information content (AvgIpc) is 2.92. The van der Waals surface area contributed by atoms with Gasteiger partial charge in [-0.05, 0) is 13.0 Å². The molecule has 0 bridgehead atoms. The van der Waals surface area contributed by atoms with Gasteiger partial charge in [0.05, 0.1) is 12.5 Å². The molecule has 0 spiro atoms. The Kier molecular flexibility index (Phi) is 4.53. The molecule has 1 unspecified atom stereocenters. The zero-order chi connectivity index (χ0) is 15.5. The minimum absolute atomic E-state index is 0.0766. The van der Waals surface area contributed by atoms with E-state index in [1.165, 1.54) is 31.5 Å². The predicted molar refractivity (Wildman–Crippen MR) is 70.4 cm³/mol. The highest BCUT2D eigenvalue weighted by Crippen LogP contribution is 2.27. The highest BCUT2D eigenvalue weighted by molar-refractivity contribution is 7.89. The number of rotatable bonds is 6. The molecule has 0 amide bonds. The molecule has 6 nitrogen and oxygen atoms in total. The molecule has 0 aliphatic rings. The number of alkyl halides is 2. The Balaban J connectivity index is 2.23. The Morgan fingerprint density at radius 1 is 1.33 bits per heavy atom. The fourth-order valence-corrected chi connectivity index (χ4v) is 2.92. The van der Waals surface area contributed by atoms with Crippen molar-refractivity contribution in [2.75, 3.05) is 0 Å². The smallest absolute Gasteiger partial charge is 0.387 e. The van der Waals surface area contributed by atoms with Crippen LogP contribution in [-0.4, -0.2) is 25.0 Å². The fourth-order valence-electron chi connectivity index (χ4n) is 1.79. The lowest BCUT2D eigenvalue weighted by atomic mass is 10.1. The van der Waals surface area contributed by atoms with Crippen LogP contribution in [0.3, 0.4) is 0 Å². The maximum atomic E-state index is 12.4. The van der Waals surface area contributed by atoms with E-state index in [2.05, 4.69) is 19.4 Å². The Morgan fingerprint density at radius 2 is 2.05 bits per heavy atom. The lowest BCUT2D eigenvalue weighted by Gasteiger charge is -2.17. The molecule has 0 saturated carbocycles. The number of halogens is 2. The number of sulfonamides is 1. The molecule has 2 N–H and O–H groups in total. The first-order valence-electron chi connectivity index (χ1n) is 5.94. The van der Waals surface area contributed by atoms with Gasteiger partial charge in [0, 0.05) is 11.6 Å². The Morgan fingerprint density at radius 3 is 2.67 bits per heavy atom. The minimum atomic E-state index is -3.82. The second-order valence-electron chi connectivity index (χ2n) is 4.18. The van der Waals surface area contributed by atoms with Gasteiger partial charge >= 0.3 is 6.61 Å². The van der Waals surface area contributed by atoms with Crippen LogP contribution in [0.2, 0.25) is 0 Å². The largest absolute Gasteiger partial charge is 0.434 e. The molecule has 21 heavy (non-hydrogen) atoms. The number of hydrogen-bond acceptors (Lipinski definition) is 4. The van der Waals surface area contributed by atoms with Gasteiger partial charge in [-0.25, -0.2) is 18.1 Å². The van der Waals surface area contributed by atoms with Crippen molar-refractivity contribution in [3.05, 3.63) is 42.4 Å². The van der Waals surface area contributed by atoms with Gasteiger partial charge in [0.1, 0.15) is 5.75 Å². The molecule has 0 fully saturated rings. The van der Waals surface area contributed by atoms with Crippen molar-refractivity contribution in [2.24, 2.45) is 0 Å². The minimum Gasteiger partial charge on any atom is -0.434 e. The highest BCUT2D eigenvalue weighted by atomic mass is 32.2. The molecule has 1 heterocycles. The standard InChI is InChI=1S/C12H13F2N3O3S/c1-8(17-21(18,19)11-6-15-7-16-11)9-4-2-3-5-10(9)20-12(13)14/h2-8,12,17H,1H3,(H,15,16). The average molecular weight is 317 g/mol. The molecule has 0 saturated heterocycles. The summed E-state index contributed by atoms with van der Waals surface area (Å²) in [5.74, 6) is -0.0766. The SMILES string of the molecule is CC(NS(=O)(=O)c1cnc[nH]1)c1ccccc1OC(F)F. The maximum absolute atomic E-state index is 12.4. The second-order valence-corrected chi connectivity index (χ2v) is 5.86. The number of imidazole rings is 1. The van der Waals surface area contributed by atoms with Crippen LogP contribution < -0.4 is 9.46 Å². The van der Waals surface area contributed by atoms with Crippen LogP contribution in [0.15, 0.2) is 41.8 Å². The molecule has 2 rings (SSSR count). The summed E-state index contributed by atoms with van der Waals surface area (Å²) in [6.07, 6.45) is 2.38. The molecular weight excluding hydrogens is 304 g/mol. The van der Waals surface area contributed by atoms with Gasteiger partial charge in [-0.15, -0.1) is 0 Å². The normalized spacial score (nSPS) is 13.3. The summed E-state index contributed by atoms with van der Waals surface area (Å²) >= 11 is 0. The van der Waals surface area contributed by atoms with E-state index in [0.717, 1.165) is 6.20 Å². The lowest BCUT2D eigenvalue weighted by Crippen LogP contribution is -2.27. The van der Waals surface area contributed by atoms with Gasteiger partial charge in [-0.3, -0.25) is 0 Å². The number of aromatic nitrogens is 2. The van der Waals surface area contributed by atoms with Gasteiger partial charge in [0.2, 0.25) is 0 Å². The van der Waals surface area contributed by atoms with Gasteiger partial charge in [-0.1, -0.05) is 18.2 Å². The van der Waals surface area contributed by atoms with Crippen LogP contribution >= 0.6 is 0 Å². The molecule has 2 aromatic rings. The molecule has 9 heteroatoms. The first-order chi connectivity index (χ1) is 9.90. The summed E-state index contributed by atoms with van der Waals surface area (Å²) in [6, 6.07) is 5.24. The molecule has 0 aliphatic heterocycles. The molecular formula is C12H13F2N3O3S. The third-order valence-corrected chi connectivity index (χ3v) is 4.16. The third-order valence-electron chi connectivity index (χ3n) is 2.70. The van der Waals surface area contributed by atoms with Gasteiger partial charge < -0.3 is 9.72 Å². The summed E-state index contributed by atoms with van der Waals surface area (Å²) in [5.41, 5.74) is 0.306. The van der Waals surface area contributed by atoms with Crippen LogP contribution in [0.1, 0.15) is 18.5 Å². The van der Waals surface area contributed by atoms with E-state index >= 15 is 0 Å². The van der Waals surface area contributed by atoms with Gasteiger partial charge in [0.15, 0.2) is 5.03 Å². The molecule has 114 valence electrons. The van der Waals surface area contributed by atoms with Crippen molar-refractivity contribution in [1.82, 2.24) is 14.7 Å². The first-order valence-corrected chi connectivity index (χ1v) is 7.43. The monoisotopic (exact) mass is 317 g/mol. The highest BCUT2D eigenvalue weighted by Gasteiger charge is 2.22. The molecule has 1 aromatic carbocycles. The van der Waals surface area contributed by atoms with Crippen molar-refractivity contribution >= 4 is 10.0 Å². The van der Waals surface area contributed by atoms with Crippen molar-refractivity contribution in [3.8, 4) is 5.75 Å². The van der Waals surface area contributed by atoms with E-state index in [1.54, 1.807) is 6.07 Å². The van der Waals surface area contributed by atoms with E-state index in [1.807, 2.05) is 0 Å². The number of nitrogens with one attached hydrogen (secondary N) is 2. The molecule has 1 aromatic heterocycles. The number of hydrogen-bond donors (Lipinski definition) is 2. The van der Waals surface area contributed by atoms with Crippen LogP contribution in [0.25, 0.3) is 0 Å². The van der Waals surface area contributed by atoms with Gasteiger partial charge in [-0.2, -0.15) is 8.78 Å². The summed E-state index contributed by atoms with van der Waals surface area (Å²) in [5, 5.41) is -0.110. The van der Waals surface area contributed by atoms with Crippen molar-refractivity contribution in [3.63, 3.8) is 0 Å². The predicted octanol–water partition coefficient (Wildman–Crippen LogP) is 2.05. The van der Waals surface area contributed by atoms with Crippen LogP contribution in [0, 0.1) is 0 Å². The van der Waals surface area contributed by atoms with Crippen LogP contribution in [0.5, 0.6) is 5.75 Å². The Bertz CT molecular complexity index is 690. The zero-order valence-electron chi connectivity index (χ0n) is 11.0. The second kappa shape index (κ2) is 6.19.